The average molecular weight is 373 g/mol. The average Bonchev–Trinajstić information content (AvgIpc) is 3.19. The first-order valence-corrected chi connectivity index (χ1v) is 8.87. The fraction of sp³-hybridized carbons (Fsp3) is 0.167. The first-order valence-electron chi connectivity index (χ1n) is 7.67. The van der Waals surface area contributed by atoms with Gasteiger partial charge in [0.2, 0.25) is 5.91 Å². The van der Waals surface area contributed by atoms with Crippen LogP contribution in [0.1, 0.15) is 21.6 Å². The Morgan fingerprint density at radius 2 is 2.24 bits per heavy atom. The molecule has 0 atom stereocenters. The van der Waals surface area contributed by atoms with E-state index in [9.17, 15) is 4.79 Å². The lowest BCUT2D eigenvalue weighted by Crippen LogP contribution is -2.06. The van der Waals surface area contributed by atoms with Gasteiger partial charge in [-0.2, -0.15) is 5.10 Å². The molecule has 0 saturated carbocycles. The number of amides is 1. The van der Waals surface area contributed by atoms with E-state index in [1.807, 2.05) is 38.4 Å². The van der Waals surface area contributed by atoms with Gasteiger partial charge in [-0.05, 0) is 24.1 Å². The lowest BCUT2D eigenvalue weighted by molar-refractivity contribution is -0.111. The summed E-state index contributed by atoms with van der Waals surface area (Å²) < 4.78 is 1.68. The summed E-state index contributed by atoms with van der Waals surface area (Å²) in [5.74, 6) is -0.224. The van der Waals surface area contributed by atoms with Crippen LogP contribution in [0.2, 0.25) is 5.02 Å². The van der Waals surface area contributed by atoms with Gasteiger partial charge in [-0.25, -0.2) is 4.98 Å². The van der Waals surface area contributed by atoms with Gasteiger partial charge < -0.3 is 0 Å². The number of nitrogens with zero attached hydrogens (tertiary/aromatic N) is 3. The largest absolute Gasteiger partial charge is 0.298 e. The number of halogens is 1. The number of aryl methyl sites for hydroxylation is 2. The van der Waals surface area contributed by atoms with Gasteiger partial charge in [-0.1, -0.05) is 29.8 Å². The molecule has 0 saturated heterocycles. The van der Waals surface area contributed by atoms with Crippen LogP contribution in [-0.2, 0) is 18.3 Å². The first-order chi connectivity index (χ1) is 12.0. The Labute approximate surface area is 155 Å². The highest BCUT2D eigenvalue weighted by Gasteiger charge is 2.08. The molecule has 2 heterocycles. The maximum Gasteiger partial charge on any atom is 0.250 e. The van der Waals surface area contributed by atoms with E-state index in [1.165, 1.54) is 17.4 Å². The van der Waals surface area contributed by atoms with Crippen LogP contribution >= 0.6 is 22.9 Å². The second kappa shape index (κ2) is 7.63. The summed E-state index contributed by atoms with van der Waals surface area (Å²) >= 11 is 7.78. The van der Waals surface area contributed by atoms with Gasteiger partial charge in [-0.15, -0.1) is 11.3 Å². The van der Waals surface area contributed by atoms with Crippen LogP contribution in [0.25, 0.3) is 6.08 Å². The molecule has 0 aliphatic carbocycles. The molecule has 1 N–H and O–H groups in total. The van der Waals surface area contributed by atoms with Gasteiger partial charge >= 0.3 is 0 Å². The van der Waals surface area contributed by atoms with Crippen LogP contribution in [0, 0.1) is 6.92 Å². The van der Waals surface area contributed by atoms with Gasteiger partial charge in [0.05, 0.1) is 6.20 Å². The maximum absolute atomic E-state index is 12.0. The molecule has 1 amide bonds. The topological polar surface area (TPSA) is 59.8 Å². The molecule has 3 aromatic rings. The molecule has 0 aliphatic heterocycles. The van der Waals surface area contributed by atoms with Crippen molar-refractivity contribution in [2.45, 2.75) is 13.3 Å². The number of aromatic nitrogens is 3. The molecule has 0 radical (unpaired) electrons. The Morgan fingerprint density at radius 3 is 3.00 bits per heavy atom. The lowest BCUT2D eigenvalue weighted by Gasteiger charge is -2.04. The third kappa shape index (κ3) is 4.55. The van der Waals surface area contributed by atoms with Crippen LogP contribution in [0.3, 0.4) is 0 Å². The lowest BCUT2D eigenvalue weighted by atomic mass is 10.1. The maximum atomic E-state index is 12.0. The monoisotopic (exact) mass is 372 g/mol. The number of thiazole rings is 1. The molecule has 0 unspecified atom stereocenters. The zero-order chi connectivity index (χ0) is 17.8. The molecule has 5 nitrogen and oxygen atoms in total. The summed E-state index contributed by atoms with van der Waals surface area (Å²) in [7, 11) is 1.83. The number of carbonyl (C=O) groups excluding carboxylic acids is 1. The molecular weight excluding hydrogens is 356 g/mol. The predicted molar refractivity (Wildman–Crippen MR) is 102 cm³/mol. The van der Waals surface area contributed by atoms with Gasteiger partial charge in [0.1, 0.15) is 0 Å². The van der Waals surface area contributed by atoms with Crippen molar-refractivity contribution in [3.05, 3.63) is 69.5 Å². The number of nitrogens with one attached hydrogen (secondary N) is 1. The van der Waals surface area contributed by atoms with Crippen molar-refractivity contribution in [1.82, 2.24) is 14.8 Å². The number of anilines is 1. The quantitative estimate of drug-likeness (QED) is 0.686. The molecule has 0 aliphatic rings. The Bertz CT molecular complexity index is 929. The van der Waals surface area contributed by atoms with E-state index in [4.69, 9.17) is 11.6 Å². The van der Waals surface area contributed by atoms with E-state index < -0.39 is 0 Å². The van der Waals surface area contributed by atoms with Gasteiger partial charge in [0.25, 0.3) is 0 Å². The molecule has 25 heavy (non-hydrogen) atoms. The molecule has 128 valence electrons. The van der Waals surface area contributed by atoms with Gasteiger partial charge in [0, 0.05) is 47.4 Å². The summed E-state index contributed by atoms with van der Waals surface area (Å²) in [6, 6.07) is 5.98. The molecule has 2 aromatic heterocycles. The number of benzene rings is 1. The molecule has 0 spiro atoms. The van der Waals surface area contributed by atoms with Crippen LogP contribution in [0.5, 0.6) is 0 Å². The molecular formula is C18H17ClN4OS. The van der Waals surface area contributed by atoms with Gasteiger partial charge in [-0.3, -0.25) is 14.8 Å². The van der Waals surface area contributed by atoms with Crippen LogP contribution in [0.15, 0.2) is 42.9 Å². The molecule has 1 aromatic carbocycles. The van der Waals surface area contributed by atoms with E-state index in [1.54, 1.807) is 23.2 Å². The Balaban J connectivity index is 1.62. The zero-order valence-corrected chi connectivity index (χ0v) is 15.4. The second-order valence-corrected chi connectivity index (χ2v) is 7.12. The highest BCUT2D eigenvalue weighted by atomic mass is 35.5. The van der Waals surface area contributed by atoms with E-state index in [0.29, 0.717) is 11.6 Å². The van der Waals surface area contributed by atoms with Crippen LogP contribution in [-0.4, -0.2) is 20.7 Å². The van der Waals surface area contributed by atoms with Crippen molar-refractivity contribution in [3.8, 4) is 0 Å². The fourth-order valence-corrected chi connectivity index (χ4v) is 3.36. The fourth-order valence-electron chi connectivity index (χ4n) is 2.32. The minimum Gasteiger partial charge on any atom is -0.298 e. The number of hydrogen-bond acceptors (Lipinski definition) is 4. The predicted octanol–water partition coefficient (Wildman–Crippen LogP) is 4.08. The molecule has 0 bridgehead atoms. The van der Waals surface area contributed by atoms with Gasteiger partial charge in [0.15, 0.2) is 5.13 Å². The summed E-state index contributed by atoms with van der Waals surface area (Å²) in [5, 5.41) is 8.17. The summed E-state index contributed by atoms with van der Waals surface area (Å²) in [4.78, 5) is 17.3. The summed E-state index contributed by atoms with van der Waals surface area (Å²) in [6.45, 7) is 1.98. The van der Waals surface area contributed by atoms with Crippen molar-refractivity contribution < 1.29 is 4.79 Å². The highest BCUT2D eigenvalue weighted by molar-refractivity contribution is 7.15. The van der Waals surface area contributed by atoms with Crippen molar-refractivity contribution >= 4 is 40.1 Å². The first kappa shape index (κ1) is 17.4. The van der Waals surface area contributed by atoms with Crippen molar-refractivity contribution in [1.29, 1.82) is 0 Å². The minimum atomic E-state index is -0.224. The van der Waals surface area contributed by atoms with Crippen LogP contribution < -0.4 is 5.32 Å². The highest BCUT2D eigenvalue weighted by Crippen LogP contribution is 2.26. The SMILES string of the molecule is Cc1cccc(Cc2cnc(NC(=O)C=Cc3cnn(C)c3)s2)c1Cl. The molecule has 0 fully saturated rings. The molecule has 7 heteroatoms. The summed E-state index contributed by atoms with van der Waals surface area (Å²) in [6.07, 6.45) is 9.16. The van der Waals surface area contributed by atoms with Crippen molar-refractivity contribution in [3.63, 3.8) is 0 Å². The van der Waals surface area contributed by atoms with Crippen LogP contribution in [0.4, 0.5) is 5.13 Å². The third-order valence-corrected chi connectivity index (χ3v) is 5.03. The zero-order valence-electron chi connectivity index (χ0n) is 13.9. The third-order valence-electron chi connectivity index (χ3n) is 3.57. The Morgan fingerprint density at radius 1 is 1.40 bits per heavy atom. The molecule has 3 rings (SSSR count). The van der Waals surface area contributed by atoms with E-state index in [2.05, 4.69) is 15.4 Å². The summed E-state index contributed by atoms with van der Waals surface area (Å²) in [5.41, 5.74) is 2.98. The minimum absolute atomic E-state index is 0.224. The number of rotatable bonds is 5. The number of hydrogen-bond donors (Lipinski definition) is 1. The number of carbonyl (C=O) groups is 1. The van der Waals surface area contributed by atoms with Crippen molar-refractivity contribution in [2.75, 3.05) is 5.32 Å². The normalized spacial score (nSPS) is 11.2. The van der Waals surface area contributed by atoms with E-state index in [-0.39, 0.29) is 5.91 Å². The second-order valence-electron chi connectivity index (χ2n) is 5.63. The Kier molecular flexibility index (Phi) is 5.31. The smallest absolute Gasteiger partial charge is 0.250 e. The van der Waals surface area contributed by atoms with Crippen molar-refractivity contribution in [2.24, 2.45) is 7.05 Å². The Hall–Kier alpha value is -2.44. The standard InChI is InChI=1S/C18H17ClN4OS/c1-12-4-3-5-14(17(12)19)8-15-10-20-18(25-15)22-16(24)7-6-13-9-21-23(2)11-13/h3-7,9-11H,8H2,1-2H3,(H,20,22,24). The van der Waals surface area contributed by atoms with E-state index >= 15 is 0 Å². The van der Waals surface area contributed by atoms with E-state index in [0.717, 1.165) is 26.6 Å².